The van der Waals surface area contributed by atoms with Gasteiger partial charge < -0.3 is 4.74 Å². The van der Waals surface area contributed by atoms with Crippen LogP contribution in [0.25, 0.3) is 0 Å². The SMILES string of the molecule is C=C[C@]1(C)C[C@@H]2C=C(C)CC[C@H]2C(C)(C)O1. The van der Waals surface area contributed by atoms with E-state index in [4.69, 9.17) is 4.74 Å². The van der Waals surface area contributed by atoms with Gasteiger partial charge in [-0.15, -0.1) is 6.58 Å². The number of hydrogen-bond donors (Lipinski definition) is 0. The van der Waals surface area contributed by atoms with Gasteiger partial charge in [-0.2, -0.15) is 0 Å². The van der Waals surface area contributed by atoms with Crippen molar-refractivity contribution in [3.05, 3.63) is 24.3 Å². The summed E-state index contributed by atoms with van der Waals surface area (Å²) >= 11 is 0. The third-order valence-corrected chi connectivity index (χ3v) is 4.33. The Balaban J connectivity index is 2.31. The monoisotopic (exact) mass is 220 g/mol. The fraction of sp³-hybridized carbons (Fsp3) is 0.733. The lowest BCUT2D eigenvalue weighted by molar-refractivity contribution is -0.188. The van der Waals surface area contributed by atoms with E-state index >= 15 is 0 Å². The van der Waals surface area contributed by atoms with Gasteiger partial charge in [0.15, 0.2) is 0 Å². The Morgan fingerprint density at radius 2 is 2.12 bits per heavy atom. The normalized spacial score (nSPS) is 42.1. The van der Waals surface area contributed by atoms with Gasteiger partial charge >= 0.3 is 0 Å². The van der Waals surface area contributed by atoms with Gasteiger partial charge in [0.05, 0.1) is 11.2 Å². The molecule has 3 atom stereocenters. The summed E-state index contributed by atoms with van der Waals surface area (Å²) in [7, 11) is 0. The standard InChI is InChI=1S/C15H24O/c1-6-15(5)10-12-9-11(2)7-8-13(12)14(3,4)16-15/h6,9,12-13H,1,7-8,10H2,2-5H3/t12-,13+,15+/m0/s1. The molecule has 90 valence electrons. The van der Waals surface area contributed by atoms with E-state index in [1.54, 1.807) is 5.57 Å². The first kappa shape index (κ1) is 11.9. The van der Waals surface area contributed by atoms with Crippen LogP contribution in [0.1, 0.15) is 47.0 Å². The van der Waals surface area contributed by atoms with E-state index in [0.717, 1.165) is 6.42 Å². The maximum atomic E-state index is 6.27. The van der Waals surface area contributed by atoms with Crippen LogP contribution in [-0.4, -0.2) is 11.2 Å². The summed E-state index contributed by atoms with van der Waals surface area (Å²) in [6.07, 6.45) is 8.04. The van der Waals surface area contributed by atoms with E-state index in [1.807, 2.05) is 6.08 Å². The van der Waals surface area contributed by atoms with Crippen molar-refractivity contribution in [3.8, 4) is 0 Å². The molecular weight excluding hydrogens is 196 g/mol. The van der Waals surface area contributed by atoms with E-state index in [1.165, 1.54) is 12.8 Å². The zero-order chi connectivity index (χ0) is 12.0. The summed E-state index contributed by atoms with van der Waals surface area (Å²) in [4.78, 5) is 0. The van der Waals surface area contributed by atoms with Gasteiger partial charge in [0, 0.05) is 0 Å². The zero-order valence-corrected chi connectivity index (χ0v) is 11.0. The highest BCUT2D eigenvalue weighted by Gasteiger charge is 2.47. The van der Waals surface area contributed by atoms with Gasteiger partial charge in [-0.1, -0.05) is 17.7 Å². The maximum absolute atomic E-state index is 6.27. The largest absolute Gasteiger partial charge is 0.365 e. The Hall–Kier alpha value is -0.560. The highest BCUT2D eigenvalue weighted by molar-refractivity contribution is 5.15. The molecule has 0 spiro atoms. The minimum atomic E-state index is -0.154. The van der Waals surface area contributed by atoms with Crippen molar-refractivity contribution in [3.63, 3.8) is 0 Å². The lowest BCUT2D eigenvalue weighted by Gasteiger charge is -2.52. The Morgan fingerprint density at radius 1 is 1.44 bits per heavy atom. The molecular formula is C15H24O. The second-order valence-corrected chi connectivity index (χ2v) is 6.25. The molecule has 0 unspecified atom stereocenters. The molecule has 0 radical (unpaired) electrons. The topological polar surface area (TPSA) is 9.23 Å². The molecule has 1 nitrogen and oxygen atoms in total. The van der Waals surface area contributed by atoms with Gasteiger partial charge in [-0.05, 0) is 58.8 Å². The van der Waals surface area contributed by atoms with Crippen molar-refractivity contribution in [1.29, 1.82) is 0 Å². The van der Waals surface area contributed by atoms with Gasteiger partial charge in [-0.3, -0.25) is 0 Å². The first-order valence-corrected chi connectivity index (χ1v) is 6.37. The van der Waals surface area contributed by atoms with Crippen molar-refractivity contribution >= 4 is 0 Å². The molecule has 0 bridgehead atoms. The summed E-state index contributed by atoms with van der Waals surface area (Å²) in [5.74, 6) is 1.34. The third kappa shape index (κ3) is 1.98. The number of rotatable bonds is 1. The predicted octanol–water partition coefficient (Wildman–Crippen LogP) is 4.10. The average molecular weight is 220 g/mol. The number of fused-ring (bicyclic) bond motifs is 1. The van der Waals surface area contributed by atoms with E-state index in [9.17, 15) is 0 Å². The average Bonchev–Trinajstić information content (AvgIpc) is 2.15. The second kappa shape index (κ2) is 3.73. The molecule has 1 saturated heterocycles. The smallest absolute Gasteiger partial charge is 0.0844 e. The third-order valence-electron chi connectivity index (χ3n) is 4.33. The van der Waals surface area contributed by atoms with Gasteiger partial charge in [-0.25, -0.2) is 0 Å². The van der Waals surface area contributed by atoms with E-state index in [-0.39, 0.29) is 11.2 Å². The molecule has 1 aliphatic heterocycles. The van der Waals surface area contributed by atoms with Gasteiger partial charge in [0.25, 0.3) is 0 Å². The molecule has 1 fully saturated rings. The van der Waals surface area contributed by atoms with E-state index < -0.39 is 0 Å². The molecule has 0 aromatic heterocycles. The molecule has 0 amide bonds. The van der Waals surface area contributed by atoms with Crippen LogP contribution in [0.3, 0.4) is 0 Å². The van der Waals surface area contributed by atoms with Crippen molar-refractivity contribution in [2.75, 3.05) is 0 Å². The van der Waals surface area contributed by atoms with Gasteiger partial charge in [0.1, 0.15) is 0 Å². The van der Waals surface area contributed by atoms with Crippen molar-refractivity contribution in [1.82, 2.24) is 0 Å². The highest BCUT2D eigenvalue weighted by atomic mass is 16.5. The fourth-order valence-corrected chi connectivity index (χ4v) is 3.54. The second-order valence-electron chi connectivity index (χ2n) is 6.25. The molecule has 0 aromatic carbocycles. The van der Waals surface area contributed by atoms with Crippen LogP contribution in [0.5, 0.6) is 0 Å². The molecule has 0 N–H and O–H groups in total. The Labute approximate surface area is 99.6 Å². The summed E-state index contributed by atoms with van der Waals surface area (Å²) < 4.78 is 6.27. The lowest BCUT2D eigenvalue weighted by Crippen LogP contribution is -2.52. The fourth-order valence-electron chi connectivity index (χ4n) is 3.54. The van der Waals surface area contributed by atoms with Crippen LogP contribution in [0.15, 0.2) is 24.3 Å². The Kier molecular flexibility index (Phi) is 2.78. The molecule has 2 rings (SSSR count). The van der Waals surface area contributed by atoms with Crippen LogP contribution in [-0.2, 0) is 4.74 Å². The molecule has 0 saturated carbocycles. The molecule has 1 heteroatoms. The molecule has 0 aromatic rings. The summed E-state index contributed by atoms with van der Waals surface area (Å²) in [6.45, 7) is 12.8. The van der Waals surface area contributed by atoms with Crippen LogP contribution in [0, 0.1) is 11.8 Å². The van der Waals surface area contributed by atoms with Crippen molar-refractivity contribution < 1.29 is 4.74 Å². The first-order valence-electron chi connectivity index (χ1n) is 6.37. The predicted molar refractivity (Wildman–Crippen MR) is 68.4 cm³/mol. The van der Waals surface area contributed by atoms with Crippen molar-refractivity contribution in [2.45, 2.75) is 58.2 Å². The summed E-state index contributed by atoms with van der Waals surface area (Å²) in [5, 5.41) is 0. The maximum Gasteiger partial charge on any atom is 0.0844 e. The van der Waals surface area contributed by atoms with Crippen LogP contribution in [0.4, 0.5) is 0 Å². The molecule has 16 heavy (non-hydrogen) atoms. The summed E-state index contributed by atoms with van der Waals surface area (Å²) in [6, 6.07) is 0. The first-order chi connectivity index (χ1) is 7.36. The quantitative estimate of drug-likeness (QED) is 0.604. The molecule has 1 heterocycles. The molecule has 2 aliphatic rings. The number of ether oxygens (including phenoxy) is 1. The van der Waals surface area contributed by atoms with Crippen molar-refractivity contribution in [2.24, 2.45) is 11.8 Å². The van der Waals surface area contributed by atoms with Crippen LogP contribution >= 0.6 is 0 Å². The summed E-state index contributed by atoms with van der Waals surface area (Å²) in [5.41, 5.74) is 1.37. The van der Waals surface area contributed by atoms with Gasteiger partial charge in [0.2, 0.25) is 0 Å². The Bertz CT molecular complexity index is 326. The van der Waals surface area contributed by atoms with E-state index in [0.29, 0.717) is 11.8 Å². The molecule has 1 aliphatic carbocycles. The number of hydrogen-bond acceptors (Lipinski definition) is 1. The van der Waals surface area contributed by atoms with Crippen LogP contribution in [0.2, 0.25) is 0 Å². The number of allylic oxidation sites excluding steroid dienone is 2. The highest BCUT2D eigenvalue weighted by Crippen LogP contribution is 2.48. The lowest BCUT2D eigenvalue weighted by atomic mass is 9.66. The zero-order valence-electron chi connectivity index (χ0n) is 11.0. The minimum Gasteiger partial charge on any atom is -0.365 e. The van der Waals surface area contributed by atoms with E-state index in [2.05, 4.69) is 40.3 Å². The Morgan fingerprint density at radius 3 is 2.75 bits per heavy atom. The minimum absolute atomic E-state index is 0.0247. The van der Waals surface area contributed by atoms with Crippen LogP contribution < -0.4 is 0 Å².